The summed E-state index contributed by atoms with van der Waals surface area (Å²) in [7, 11) is 0. The van der Waals surface area contributed by atoms with E-state index in [9.17, 15) is 20.4 Å². The molecule has 0 spiro atoms. The Morgan fingerprint density at radius 1 is 0.778 bits per heavy atom. The lowest BCUT2D eigenvalue weighted by molar-refractivity contribution is -0.145. The molecule has 4 atom stereocenters. The molecule has 4 saturated carbocycles. The van der Waals surface area contributed by atoms with Crippen molar-refractivity contribution in [2.75, 3.05) is 19.7 Å². The number of piperidine rings is 1. The van der Waals surface area contributed by atoms with Crippen LogP contribution in [0.5, 0.6) is 0 Å². The molecule has 1 heterocycles. The van der Waals surface area contributed by atoms with Gasteiger partial charge in [-0.15, -0.1) is 0 Å². The number of hydrogen-bond acceptors (Lipinski definition) is 5. The highest BCUT2D eigenvalue weighted by molar-refractivity contribution is 5.01. The van der Waals surface area contributed by atoms with Crippen molar-refractivity contribution in [3.63, 3.8) is 0 Å². The third kappa shape index (κ3) is 4.23. The monoisotopic (exact) mass is 381 g/mol. The average Bonchev–Trinajstić information content (AvgIpc) is 2.61. The summed E-state index contributed by atoms with van der Waals surface area (Å²) in [5, 5.41) is 39.3. The summed E-state index contributed by atoms with van der Waals surface area (Å²) in [5.74, 6) is 3.12. The number of aliphatic hydroxyl groups excluding tert-OH is 4. The first-order valence-corrected chi connectivity index (χ1v) is 11.4. The van der Waals surface area contributed by atoms with Gasteiger partial charge in [-0.2, -0.15) is 0 Å². The van der Waals surface area contributed by atoms with Crippen LogP contribution in [0, 0.1) is 23.2 Å². The fourth-order valence-electron chi connectivity index (χ4n) is 7.40. The predicted octanol–water partition coefficient (Wildman–Crippen LogP) is 1.91. The van der Waals surface area contributed by atoms with Crippen molar-refractivity contribution in [1.82, 2.24) is 4.90 Å². The van der Waals surface area contributed by atoms with Crippen LogP contribution in [0.25, 0.3) is 0 Å². The van der Waals surface area contributed by atoms with Crippen LogP contribution in [-0.2, 0) is 0 Å². The Kier molecular flexibility index (Phi) is 6.15. The van der Waals surface area contributed by atoms with Gasteiger partial charge in [0.15, 0.2) is 0 Å². The molecule has 4 aliphatic carbocycles. The molecule has 0 aromatic carbocycles. The molecule has 0 aromatic rings. The van der Waals surface area contributed by atoms with Crippen LogP contribution in [0.1, 0.15) is 70.6 Å². The Balaban J connectivity index is 1.16. The molecule has 0 radical (unpaired) electrons. The molecule has 27 heavy (non-hydrogen) atoms. The number of likely N-dealkylation sites (tertiary alicyclic amines) is 1. The quantitative estimate of drug-likeness (QED) is 0.483. The number of unbranched alkanes of at least 4 members (excludes halogenated alkanes) is 3. The van der Waals surface area contributed by atoms with Gasteiger partial charge in [0.25, 0.3) is 0 Å². The second-order valence-corrected chi connectivity index (χ2v) is 10.4. The van der Waals surface area contributed by atoms with Gasteiger partial charge in [0.1, 0.15) is 12.2 Å². The highest BCUT2D eigenvalue weighted by Gasteiger charge is 2.50. The molecule has 156 valence electrons. The largest absolute Gasteiger partial charge is 0.395 e. The van der Waals surface area contributed by atoms with Crippen molar-refractivity contribution >= 4 is 0 Å². The van der Waals surface area contributed by atoms with Gasteiger partial charge in [-0.1, -0.05) is 19.3 Å². The van der Waals surface area contributed by atoms with Gasteiger partial charge in [0, 0.05) is 6.54 Å². The molecule has 1 saturated heterocycles. The van der Waals surface area contributed by atoms with E-state index < -0.39 is 24.4 Å². The highest BCUT2D eigenvalue weighted by atomic mass is 16.4. The smallest absolute Gasteiger partial charge is 0.109 e. The first-order valence-electron chi connectivity index (χ1n) is 11.4. The van der Waals surface area contributed by atoms with E-state index in [1.54, 1.807) is 0 Å². The molecule has 5 aliphatic rings. The molecule has 5 fully saturated rings. The summed E-state index contributed by atoms with van der Waals surface area (Å²) in [6.07, 6.45) is 12.1. The van der Waals surface area contributed by atoms with E-state index in [-0.39, 0.29) is 6.61 Å². The lowest BCUT2D eigenvalue weighted by atomic mass is 9.48. The Morgan fingerprint density at radius 2 is 1.37 bits per heavy atom. The molecule has 5 heteroatoms. The number of aliphatic hydroxyl groups is 4. The van der Waals surface area contributed by atoms with Crippen LogP contribution in [-0.4, -0.2) is 69.4 Å². The molecule has 5 rings (SSSR count). The molecule has 5 nitrogen and oxygen atoms in total. The molecule has 4 bridgehead atoms. The molecular formula is C22H39NO4. The maximum Gasteiger partial charge on any atom is 0.109 e. The summed E-state index contributed by atoms with van der Waals surface area (Å²) in [6, 6.07) is -0.463. The third-order valence-electron chi connectivity index (χ3n) is 8.28. The average molecular weight is 382 g/mol. The summed E-state index contributed by atoms with van der Waals surface area (Å²) in [5.41, 5.74) is 0.688. The molecule has 0 amide bonds. The Labute approximate surface area is 163 Å². The molecule has 4 N–H and O–H groups in total. The standard InChI is InChI=1S/C22H39NO4/c24-14-18-20(26)21(27)19(25)13-23(18)6-4-2-1-3-5-22-10-15-7-16(11-22)9-17(8-15)12-22/h15-21,24-27H,1-14H2/t15?,16?,17?,18-,19+,20-,21?,22?/m1/s1. The zero-order chi connectivity index (χ0) is 19.0. The second kappa shape index (κ2) is 8.27. The molecule has 1 aliphatic heterocycles. The van der Waals surface area contributed by atoms with Crippen LogP contribution in [0.15, 0.2) is 0 Å². The summed E-state index contributed by atoms with van der Waals surface area (Å²) < 4.78 is 0. The predicted molar refractivity (Wildman–Crippen MR) is 104 cm³/mol. The minimum Gasteiger partial charge on any atom is -0.395 e. The van der Waals surface area contributed by atoms with E-state index in [0.29, 0.717) is 12.0 Å². The minimum atomic E-state index is -1.15. The topological polar surface area (TPSA) is 84.2 Å². The van der Waals surface area contributed by atoms with Crippen molar-refractivity contribution in [3.05, 3.63) is 0 Å². The number of rotatable bonds is 8. The van der Waals surface area contributed by atoms with E-state index >= 15 is 0 Å². The zero-order valence-corrected chi connectivity index (χ0v) is 16.7. The maximum absolute atomic E-state index is 10.1. The first-order chi connectivity index (χ1) is 13.0. The van der Waals surface area contributed by atoms with Crippen molar-refractivity contribution in [1.29, 1.82) is 0 Å². The maximum atomic E-state index is 10.1. The lowest BCUT2D eigenvalue weighted by Gasteiger charge is -2.57. The van der Waals surface area contributed by atoms with E-state index in [1.165, 1.54) is 57.8 Å². The number of β-amino-alcohol motifs (C(OH)–C–C–N with tert-alkyl or cyclic N) is 1. The summed E-state index contributed by atoms with van der Waals surface area (Å²) >= 11 is 0. The fraction of sp³-hybridized carbons (Fsp3) is 1.00. The van der Waals surface area contributed by atoms with Crippen molar-refractivity contribution in [2.24, 2.45) is 23.2 Å². The van der Waals surface area contributed by atoms with Gasteiger partial charge in [0.2, 0.25) is 0 Å². The Hall–Kier alpha value is -0.200. The van der Waals surface area contributed by atoms with Crippen molar-refractivity contribution in [3.8, 4) is 0 Å². The normalized spacial score (nSPS) is 46.9. The van der Waals surface area contributed by atoms with Gasteiger partial charge in [-0.25, -0.2) is 0 Å². The minimum absolute atomic E-state index is 0.184. The van der Waals surface area contributed by atoms with E-state index in [4.69, 9.17) is 0 Å². The van der Waals surface area contributed by atoms with Gasteiger partial charge in [-0.3, -0.25) is 4.90 Å². The van der Waals surface area contributed by atoms with Gasteiger partial charge < -0.3 is 20.4 Å². The first kappa shape index (κ1) is 20.1. The fourth-order valence-corrected chi connectivity index (χ4v) is 7.40. The van der Waals surface area contributed by atoms with Crippen LogP contribution in [0.4, 0.5) is 0 Å². The highest BCUT2D eigenvalue weighted by Crippen LogP contribution is 2.61. The number of nitrogens with zero attached hydrogens (tertiary/aromatic N) is 1. The lowest BCUT2D eigenvalue weighted by Crippen LogP contribution is -2.62. The van der Waals surface area contributed by atoms with Gasteiger partial charge >= 0.3 is 0 Å². The second-order valence-electron chi connectivity index (χ2n) is 10.4. The number of hydrogen-bond donors (Lipinski definition) is 4. The van der Waals surface area contributed by atoms with Crippen molar-refractivity contribution in [2.45, 2.75) is 95.0 Å². The summed E-state index contributed by atoms with van der Waals surface area (Å²) in [6.45, 7) is 0.914. The van der Waals surface area contributed by atoms with E-state index in [2.05, 4.69) is 0 Å². The van der Waals surface area contributed by atoms with Crippen LogP contribution >= 0.6 is 0 Å². The van der Waals surface area contributed by atoms with Crippen molar-refractivity contribution < 1.29 is 20.4 Å². The molecular weight excluding hydrogens is 342 g/mol. The van der Waals surface area contributed by atoms with Gasteiger partial charge in [-0.05, 0) is 81.1 Å². The van der Waals surface area contributed by atoms with E-state index in [1.807, 2.05) is 4.90 Å². The SMILES string of the molecule is OC[C@@H]1[C@@H](O)C(O)[C@@H](O)CN1CCCCCCC12CC3CC(CC(C3)C1)C2. The molecule has 0 aromatic heterocycles. The van der Waals surface area contributed by atoms with Gasteiger partial charge in [0.05, 0.1) is 18.8 Å². The van der Waals surface area contributed by atoms with Crippen LogP contribution < -0.4 is 0 Å². The van der Waals surface area contributed by atoms with Crippen LogP contribution in [0.2, 0.25) is 0 Å². The third-order valence-corrected chi connectivity index (χ3v) is 8.28. The van der Waals surface area contributed by atoms with Crippen LogP contribution in [0.3, 0.4) is 0 Å². The summed E-state index contributed by atoms with van der Waals surface area (Å²) in [4.78, 5) is 1.95. The molecule has 1 unspecified atom stereocenters. The van der Waals surface area contributed by atoms with E-state index in [0.717, 1.165) is 37.1 Å². The Bertz CT molecular complexity index is 463. The Morgan fingerprint density at radius 3 is 1.96 bits per heavy atom. The zero-order valence-electron chi connectivity index (χ0n) is 16.7.